The average molecular weight is 416 g/mol. The van der Waals surface area contributed by atoms with Gasteiger partial charge in [0.05, 0.1) is 12.2 Å². The van der Waals surface area contributed by atoms with Crippen molar-refractivity contribution in [3.05, 3.63) is 59.3 Å². The molecule has 4 rings (SSSR count). The molecule has 2 heterocycles. The van der Waals surface area contributed by atoms with Crippen molar-refractivity contribution >= 4 is 34.5 Å². The number of likely N-dealkylation sites (tertiary alicyclic amines) is 1. The number of halogens is 2. The van der Waals surface area contributed by atoms with E-state index in [-0.39, 0.29) is 5.91 Å². The molecule has 2 aliphatic heterocycles. The molecule has 0 aromatic heterocycles. The molecule has 2 aliphatic rings. The highest BCUT2D eigenvalue weighted by molar-refractivity contribution is 6.34. The number of hydrogen-bond donors (Lipinski definition) is 2. The number of nitrogens with zero attached hydrogens (tertiary/aromatic N) is 1. The molecule has 0 bridgehead atoms. The molecule has 5 nitrogen and oxygen atoms in total. The number of amides is 1. The van der Waals surface area contributed by atoms with Crippen molar-refractivity contribution in [2.75, 3.05) is 36.9 Å². The molecule has 1 atom stereocenters. The summed E-state index contributed by atoms with van der Waals surface area (Å²) in [6.07, 6.45) is 2.52. The fourth-order valence-corrected chi connectivity index (χ4v) is 3.75. The number of benzene rings is 2. The van der Waals surface area contributed by atoms with Crippen LogP contribution in [0.5, 0.6) is 5.75 Å². The minimum absolute atomic E-state index is 0.160. The van der Waals surface area contributed by atoms with Gasteiger partial charge in [0.25, 0.3) is 5.91 Å². The van der Waals surface area contributed by atoms with Gasteiger partial charge < -0.3 is 20.3 Å². The van der Waals surface area contributed by atoms with Crippen LogP contribution in [0.1, 0.15) is 18.4 Å². The molecule has 1 saturated heterocycles. The molecule has 29 heavy (non-hydrogen) atoms. The lowest BCUT2D eigenvalue weighted by molar-refractivity contribution is -0.110. The number of carbonyl (C=O) groups excluding carboxylic acids is 1. The fraction of sp³-hybridized carbons (Fsp3) is 0.318. The van der Waals surface area contributed by atoms with Crippen LogP contribution in [0, 0.1) is 0 Å². The summed E-state index contributed by atoms with van der Waals surface area (Å²) in [5.74, 6) is 0.621. The number of anilines is 2. The molecule has 0 saturated carbocycles. The minimum atomic E-state index is -0.674. The highest BCUT2D eigenvalue weighted by Crippen LogP contribution is 2.33. The van der Waals surface area contributed by atoms with Crippen molar-refractivity contribution in [2.24, 2.45) is 0 Å². The molecular formula is C22H23ClFN3O2. The van der Waals surface area contributed by atoms with Gasteiger partial charge in [-0.15, -0.1) is 0 Å². The second kappa shape index (κ2) is 8.84. The zero-order chi connectivity index (χ0) is 20.2. The maximum absolute atomic E-state index is 13.1. The van der Waals surface area contributed by atoms with Crippen molar-refractivity contribution in [1.82, 2.24) is 4.90 Å². The lowest BCUT2D eigenvalue weighted by atomic mass is 10.1. The number of fused-ring (bicyclic) bond motifs is 1. The second-order valence-corrected chi connectivity index (χ2v) is 7.70. The molecule has 7 heteroatoms. The number of rotatable bonds is 7. The maximum Gasteiger partial charge on any atom is 0.257 e. The van der Waals surface area contributed by atoms with Crippen LogP contribution in [-0.4, -0.2) is 43.2 Å². The van der Waals surface area contributed by atoms with Crippen LogP contribution in [0.15, 0.2) is 48.7 Å². The van der Waals surface area contributed by atoms with E-state index in [1.54, 1.807) is 24.4 Å². The van der Waals surface area contributed by atoms with E-state index in [0.717, 1.165) is 42.2 Å². The number of alkyl halides is 1. The third-order valence-electron chi connectivity index (χ3n) is 5.10. The summed E-state index contributed by atoms with van der Waals surface area (Å²) in [5, 5.41) is 6.56. The van der Waals surface area contributed by atoms with Crippen LogP contribution in [0.2, 0.25) is 5.02 Å². The smallest absolute Gasteiger partial charge is 0.257 e. The van der Waals surface area contributed by atoms with Crippen LogP contribution >= 0.6 is 11.6 Å². The van der Waals surface area contributed by atoms with Crippen molar-refractivity contribution in [1.29, 1.82) is 0 Å². The highest BCUT2D eigenvalue weighted by Gasteiger charge is 2.24. The summed E-state index contributed by atoms with van der Waals surface area (Å²) in [7, 11) is 0. The Morgan fingerprint density at radius 3 is 2.86 bits per heavy atom. The van der Waals surface area contributed by atoms with Crippen LogP contribution < -0.4 is 15.4 Å². The van der Waals surface area contributed by atoms with Gasteiger partial charge in [0.1, 0.15) is 11.9 Å². The predicted octanol–water partition coefficient (Wildman–Crippen LogP) is 4.56. The fourth-order valence-electron chi connectivity index (χ4n) is 3.57. The van der Waals surface area contributed by atoms with Gasteiger partial charge >= 0.3 is 0 Å². The quantitative estimate of drug-likeness (QED) is 0.514. The van der Waals surface area contributed by atoms with Gasteiger partial charge in [0.2, 0.25) is 0 Å². The molecule has 2 N–H and O–H groups in total. The molecule has 1 fully saturated rings. The molecule has 2 aromatic carbocycles. The van der Waals surface area contributed by atoms with Gasteiger partial charge in [0.15, 0.2) is 0 Å². The lowest BCUT2D eigenvalue weighted by Crippen LogP contribution is -2.23. The Bertz CT molecular complexity index is 917. The third kappa shape index (κ3) is 4.89. The number of carbonyl (C=O) groups is 1. The summed E-state index contributed by atoms with van der Waals surface area (Å²) in [6.45, 7) is 2.85. The maximum atomic E-state index is 13.1. The first kappa shape index (κ1) is 19.7. The minimum Gasteiger partial charge on any atom is -0.494 e. The molecule has 0 aliphatic carbocycles. The van der Waals surface area contributed by atoms with Crippen LogP contribution in [-0.2, 0) is 4.79 Å². The first-order chi connectivity index (χ1) is 14.1. The van der Waals surface area contributed by atoms with Gasteiger partial charge in [-0.25, -0.2) is 4.39 Å². The summed E-state index contributed by atoms with van der Waals surface area (Å²) in [4.78, 5) is 14.3. The second-order valence-electron chi connectivity index (χ2n) is 7.26. The van der Waals surface area contributed by atoms with Crippen LogP contribution in [0.3, 0.4) is 0 Å². The molecule has 0 spiro atoms. The normalized spacial score (nSPS) is 20.0. The monoisotopic (exact) mass is 415 g/mol. The zero-order valence-corrected chi connectivity index (χ0v) is 16.7. The number of nitrogens with one attached hydrogen (secondary N) is 2. The third-order valence-corrected chi connectivity index (χ3v) is 5.34. The molecular weight excluding hydrogens is 393 g/mol. The number of ether oxygens (including phenoxy) is 1. The first-order valence-electron chi connectivity index (χ1n) is 9.76. The van der Waals surface area contributed by atoms with E-state index in [2.05, 4.69) is 15.5 Å². The van der Waals surface area contributed by atoms with E-state index in [9.17, 15) is 9.18 Å². The van der Waals surface area contributed by atoms with E-state index >= 15 is 0 Å². The SMILES string of the molecule is O=C1Nc2ccc(Cl)cc2C1=CNc1ccc(OCCCN2CCC(F)C2)cc1. The topological polar surface area (TPSA) is 53.6 Å². The van der Waals surface area contributed by atoms with Gasteiger partial charge in [-0.3, -0.25) is 4.79 Å². The van der Waals surface area contributed by atoms with Crippen molar-refractivity contribution in [3.8, 4) is 5.75 Å². The van der Waals surface area contributed by atoms with E-state index in [4.69, 9.17) is 16.3 Å². The van der Waals surface area contributed by atoms with Crippen molar-refractivity contribution < 1.29 is 13.9 Å². The van der Waals surface area contributed by atoms with Gasteiger partial charge in [0, 0.05) is 47.8 Å². The van der Waals surface area contributed by atoms with Crippen LogP contribution in [0.4, 0.5) is 15.8 Å². The van der Waals surface area contributed by atoms with Gasteiger partial charge in [-0.2, -0.15) is 0 Å². The summed E-state index contributed by atoms with van der Waals surface area (Å²) >= 11 is 6.05. The zero-order valence-electron chi connectivity index (χ0n) is 16.0. The molecule has 1 unspecified atom stereocenters. The standard InChI is InChI=1S/C22H23ClFN3O2/c23-15-2-7-21-19(12-15)20(22(28)26-21)13-25-17-3-5-18(6-4-17)29-11-1-9-27-10-8-16(24)14-27/h2-7,12-13,16,25H,1,8-11,14H2,(H,26,28). The summed E-state index contributed by atoms with van der Waals surface area (Å²) in [5.41, 5.74) is 2.93. The van der Waals surface area contributed by atoms with E-state index in [0.29, 0.717) is 30.2 Å². The van der Waals surface area contributed by atoms with Gasteiger partial charge in [-0.1, -0.05) is 11.6 Å². The molecule has 1 amide bonds. The molecule has 2 aromatic rings. The summed E-state index contributed by atoms with van der Waals surface area (Å²) < 4.78 is 18.9. The van der Waals surface area contributed by atoms with E-state index in [1.807, 2.05) is 24.3 Å². The van der Waals surface area contributed by atoms with Crippen molar-refractivity contribution in [3.63, 3.8) is 0 Å². The Kier molecular flexibility index (Phi) is 6.02. The summed E-state index contributed by atoms with van der Waals surface area (Å²) in [6, 6.07) is 12.9. The number of hydrogen-bond acceptors (Lipinski definition) is 4. The molecule has 0 radical (unpaired) electrons. The first-order valence-corrected chi connectivity index (χ1v) is 10.1. The average Bonchev–Trinajstić information content (AvgIpc) is 3.26. The molecule has 152 valence electrons. The van der Waals surface area contributed by atoms with Gasteiger partial charge in [-0.05, 0) is 55.3 Å². The predicted molar refractivity (Wildman–Crippen MR) is 114 cm³/mol. The van der Waals surface area contributed by atoms with Crippen LogP contribution in [0.25, 0.3) is 5.57 Å². The Labute approximate surface area is 174 Å². The van der Waals surface area contributed by atoms with E-state index in [1.165, 1.54) is 0 Å². The van der Waals surface area contributed by atoms with Crippen molar-refractivity contribution in [2.45, 2.75) is 19.0 Å². The Balaban J connectivity index is 1.28. The Morgan fingerprint density at radius 2 is 2.10 bits per heavy atom. The van der Waals surface area contributed by atoms with E-state index < -0.39 is 6.17 Å². The Hall–Kier alpha value is -2.57. The highest BCUT2D eigenvalue weighted by atomic mass is 35.5. The largest absolute Gasteiger partial charge is 0.494 e. The lowest BCUT2D eigenvalue weighted by Gasteiger charge is -2.14. The Morgan fingerprint density at radius 1 is 1.28 bits per heavy atom.